The summed E-state index contributed by atoms with van der Waals surface area (Å²) in [5.41, 5.74) is 1.56. The molecule has 1 aliphatic heterocycles. The number of benzene rings is 2. The number of anilines is 1. The number of nitrogens with zero attached hydrogens (tertiary/aromatic N) is 5. The van der Waals surface area contributed by atoms with E-state index in [4.69, 9.17) is 0 Å². The Balaban J connectivity index is 2.05. The van der Waals surface area contributed by atoms with Gasteiger partial charge in [0, 0.05) is 32.9 Å². The lowest BCUT2D eigenvalue weighted by Gasteiger charge is -2.42. The van der Waals surface area contributed by atoms with Gasteiger partial charge in [0.05, 0.1) is 4.90 Å². The molecule has 1 amide bonds. The van der Waals surface area contributed by atoms with E-state index in [-0.39, 0.29) is 16.3 Å². The summed E-state index contributed by atoms with van der Waals surface area (Å²) >= 11 is 0. The Morgan fingerprint density at radius 2 is 1.81 bits per heavy atom. The summed E-state index contributed by atoms with van der Waals surface area (Å²) in [6.07, 6.45) is -0.460. The minimum Gasteiger partial charge on any atom is -0.597 e. The minimum absolute atomic E-state index is 0.138. The number of carbonyl (C=O) groups excluding carboxylic acids is 1. The van der Waals surface area contributed by atoms with Gasteiger partial charge >= 0.3 is 0 Å². The average Bonchev–Trinajstić information content (AvgIpc) is 2.79. The summed E-state index contributed by atoms with van der Waals surface area (Å²) < 4.78 is 28.3. The molecular formula is C21H27N5O5S. The van der Waals surface area contributed by atoms with Gasteiger partial charge in [-0.05, 0) is 41.1 Å². The second-order valence-electron chi connectivity index (χ2n) is 7.50. The number of hydrogen-bond acceptors (Lipinski definition) is 7. The maximum atomic E-state index is 13.5. The Bertz CT molecular complexity index is 1060. The highest BCUT2D eigenvalue weighted by Crippen LogP contribution is 2.35. The summed E-state index contributed by atoms with van der Waals surface area (Å²) in [5, 5.41) is 15.0. The number of sulfonamides is 1. The van der Waals surface area contributed by atoms with Gasteiger partial charge in [0.25, 0.3) is 12.5 Å². The zero-order valence-electron chi connectivity index (χ0n) is 18.3. The van der Waals surface area contributed by atoms with Gasteiger partial charge in [0.2, 0.25) is 10.0 Å². The average molecular weight is 462 g/mol. The quantitative estimate of drug-likeness (QED) is 0.355. The van der Waals surface area contributed by atoms with Crippen molar-refractivity contribution in [1.29, 1.82) is 0 Å². The van der Waals surface area contributed by atoms with Crippen LogP contribution in [-0.4, -0.2) is 69.2 Å². The molecule has 11 heteroatoms. The second-order valence-corrected chi connectivity index (χ2v) is 9.39. The van der Waals surface area contributed by atoms with Crippen LogP contribution in [0.3, 0.4) is 0 Å². The Morgan fingerprint density at radius 1 is 1.16 bits per heavy atom. The first-order valence-electron chi connectivity index (χ1n) is 10.1. The number of rotatable bonds is 7. The fraction of sp³-hybridized carbons (Fsp3) is 0.381. The lowest BCUT2D eigenvalue weighted by atomic mass is 10.1. The Kier molecular flexibility index (Phi) is 7.31. The summed E-state index contributed by atoms with van der Waals surface area (Å²) in [6, 6.07) is 15.4. The monoisotopic (exact) mass is 461 g/mol. The van der Waals surface area contributed by atoms with Crippen LogP contribution < -0.4 is 4.90 Å². The van der Waals surface area contributed by atoms with E-state index in [0.717, 1.165) is 5.69 Å². The van der Waals surface area contributed by atoms with Crippen LogP contribution in [0.1, 0.15) is 18.2 Å². The maximum absolute atomic E-state index is 13.5. The molecule has 2 aromatic rings. The molecule has 0 aliphatic carbocycles. The molecule has 0 aromatic heterocycles. The molecule has 1 aliphatic rings. The second kappa shape index (κ2) is 9.96. The minimum atomic E-state index is -3.90. The zero-order chi connectivity index (χ0) is 23.3. The Morgan fingerprint density at radius 3 is 2.41 bits per heavy atom. The van der Waals surface area contributed by atoms with Gasteiger partial charge in [-0.1, -0.05) is 30.3 Å². The van der Waals surface area contributed by atoms with Gasteiger partial charge in [-0.2, -0.15) is 4.31 Å². The molecule has 0 spiro atoms. The first kappa shape index (κ1) is 23.5. The van der Waals surface area contributed by atoms with Crippen LogP contribution in [0.4, 0.5) is 5.69 Å². The standard InChI is InChI=1S/C21H27N5O5S/c1-23(2)18-12-10-17(11-13-18)21-24(20(27)16-26(28)22-31-3)14-7-15-25(21)32(29,30)19-8-5-4-6-9-19/h4-6,8-13,21H,7,14-16H2,1-3H3/b26-22-. The number of carbonyl (C=O) groups is 1. The smallest absolute Gasteiger partial charge is 0.293 e. The molecule has 1 fully saturated rings. The normalized spacial score (nSPS) is 17.8. The van der Waals surface area contributed by atoms with Crippen LogP contribution in [0, 0.1) is 5.21 Å². The molecule has 10 nitrogen and oxygen atoms in total. The van der Waals surface area contributed by atoms with Crippen molar-refractivity contribution in [3.8, 4) is 0 Å². The molecule has 1 saturated heterocycles. The Hall–Kier alpha value is -3.18. The molecular weight excluding hydrogens is 434 g/mol. The summed E-state index contributed by atoms with van der Waals surface area (Å²) in [5.74, 6) is -0.546. The van der Waals surface area contributed by atoms with Crippen molar-refractivity contribution in [3.05, 3.63) is 65.4 Å². The van der Waals surface area contributed by atoms with Crippen LogP contribution >= 0.6 is 0 Å². The van der Waals surface area contributed by atoms with Crippen LogP contribution in [0.5, 0.6) is 0 Å². The highest BCUT2D eigenvalue weighted by Gasteiger charge is 2.41. The molecule has 0 bridgehead atoms. The van der Waals surface area contributed by atoms with Crippen molar-refractivity contribution in [1.82, 2.24) is 9.21 Å². The predicted molar refractivity (Wildman–Crippen MR) is 118 cm³/mol. The molecule has 1 atom stereocenters. The Labute approximate surface area is 187 Å². The van der Waals surface area contributed by atoms with Crippen LogP contribution in [0.25, 0.3) is 0 Å². The fourth-order valence-corrected chi connectivity index (χ4v) is 5.29. The third kappa shape index (κ3) is 5.00. The van der Waals surface area contributed by atoms with Crippen molar-refractivity contribution in [3.63, 3.8) is 0 Å². The predicted octanol–water partition coefficient (Wildman–Crippen LogP) is 2.20. The molecule has 0 N–H and O–H groups in total. The summed E-state index contributed by atoms with van der Waals surface area (Å²) in [7, 11) is 1.11. The zero-order valence-corrected chi connectivity index (χ0v) is 19.1. The largest absolute Gasteiger partial charge is 0.597 e. The highest BCUT2D eigenvalue weighted by atomic mass is 32.2. The molecule has 32 heavy (non-hydrogen) atoms. The van der Waals surface area contributed by atoms with E-state index in [2.05, 4.69) is 10.1 Å². The van der Waals surface area contributed by atoms with Gasteiger partial charge < -0.3 is 19.8 Å². The van der Waals surface area contributed by atoms with Gasteiger partial charge in [0.15, 0.2) is 5.28 Å². The van der Waals surface area contributed by atoms with Crippen LogP contribution in [0.2, 0.25) is 0 Å². The number of hydroxylamine groups is 1. The number of amides is 1. The first-order valence-corrected chi connectivity index (χ1v) is 11.5. The summed E-state index contributed by atoms with van der Waals surface area (Å²) in [6.45, 7) is -0.0372. The SMILES string of the molecule is CO/N=[N+](\[O-])CC(=O)N1CCCN(S(=O)(=O)c2ccccc2)C1c1ccc(N(C)C)cc1. The molecule has 2 aromatic carbocycles. The topological polar surface area (TPSA) is 109 Å². The van der Waals surface area contributed by atoms with Crippen LogP contribution in [-0.2, 0) is 19.7 Å². The van der Waals surface area contributed by atoms with E-state index in [1.54, 1.807) is 30.3 Å². The molecule has 172 valence electrons. The van der Waals surface area contributed by atoms with Crippen molar-refractivity contribution in [2.24, 2.45) is 5.28 Å². The lowest BCUT2D eigenvalue weighted by Crippen LogP contribution is -2.53. The fourth-order valence-electron chi connectivity index (χ4n) is 3.65. The van der Waals surface area contributed by atoms with Crippen molar-refractivity contribution in [2.75, 3.05) is 45.7 Å². The van der Waals surface area contributed by atoms with Gasteiger partial charge in [0.1, 0.15) is 13.3 Å². The number of hydrogen-bond donors (Lipinski definition) is 0. The van der Waals surface area contributed by atoms with E-state index in [9.17, 15) is 18.4 Å². The van der Waals surface area contributed by atoms with Gasteiger partial charge in [-0.25, -0.2) is 8.42 Å². The van der Waals surface area contributed by atoms with Crippen molar-refractivity contribution in [2.45, 2.75) is 17.5 Å². The summed E-state index contributed by atoms with van der Waals surface area (Å²) in [4.78, 5) is 21.0. The van der Waals surface area contributed by atoms with E-state index in [1.165, 1.54) is 28.4 Å². The van der Waals surface area contributed by atoms with Crippen molar-refractivity contribution >= 4 is 21.6 Å². The van der Waals surface area contributed by atoms with Gasteiger partial charge in [-0.15, -0.1) is 0 Å². The van der Waals surface area contributed by atoms with E-state index < -0.39 is 28.6 Å². The molecule has 3 rings (SSSR count). The first-order chi connectivity index (χ1) is 15.3. The molecule has 1 unspecified atom stereocenters. The lowest BCUT2D eigenvalue weighted by molar-refractivity contribution is -0.547. The molecule has 0 saturated carbocycles. The maximum Gasteiger partial charge on any atom is 0.293 e. The highest BCUT2D eigenvalue weighted by molar-refractivity contribution is 7.89. The third-order valence-electron chi connectivity index (χ3n) is 5.17. The molecule has 1 heterocycles. The molecule has 0 radical (unpaired) electrons. The van der Waals surface area contributed by atoms with E-state index in [1.807, 2.05) is 31.1 Å². The van der Waals surface area contributed by atoms with Crippen molar-refractivity contribution < 1.29 is 22.9 Å². The van der Waals surface area contributed by atoms with E-state index in [0.29, 0.717) is 18.5 Å². The van der Waals surface area contributed by atoms with Gasteiger partial charge in [-0.3, -0.25) is 4.79 Å². The third-order valence-corrected chi connectivity index (χ3v) is 7.03. The van der Waals surface area contributed by atoms with E-state index >= 15 is 0 Å². The van der Waals surface area contributed by atoms with Crippen LogP contribution in [0.15, 0.2) is 64.8 Å².